The van der Waals surface area contributed by atoms with E-state index < -0.39 is 0 Å². The van der Waals surface area contributed by atoms with Crippen molar-refractivity contribution in [2.24, 2.45) is 0 Å². The fraction of sp³-hybridized carbons (Fsp3) is 0.462. The van der Waals surface area contributed by atoms with Gasteiger partial charge >= 0.3 is 6.03 Å². The summed E-state index contributed by atoms with van der Waals surface area (Å²) in [4.78, 5) is 11.3. The zero-order chi connectivity index (χ0) is 14.1. The Hall–Kier alpha value is -1.14. The highest BCUT2D eigenvalue weighted by Gasteiger charge is 2.03. The SMILES string of the molecule is O=C(NCCCO)NCCCc1ccc(Br)cc1F. The van der Waals surface area contributed by atoms with Crippen molar-refractivity contribution in [2.45, 2.75) is 19.3 Å². The molecule has 1 aromatic rings. The van der Waals surface area contributed by atoms with Gasteiger partial charge in [0.2, 0.25) is 0 Å². The van der Waals surface area contributed by atoms with E-state index in [4.69, 9.17) is 5.11 Å². The molecule has 0 fully saturated rings. The Balaban J connectivity index is 2.18. The molecular formula is C13H18BrFN2O2. The van der Waals surface area contributed by atoms with Crippen molar-refractivity contribution in [2.75, 3.05) is 19.7 Å². The highest BCUT2D eigenvalue weighted by molar-refractivity contribution is 9.10. The Morgan fingerprint density at radius 2 is 1.95 bits per heavy atom. The van der Waals surface area contributed by atoms with E-state index in [1.807, 2.05) is 0 Å². The number of hydrogen-bond donors (Lipinski definition) is 3. The average molecular weight is 333 g/mol. The molecule has 0 atom stereocenters. The average Bonchev–Trinajstić information content (AvgIpc) is 2.37. The van der Waals surface area contributed by atoms with E-state index in [1.54, 1.807) is 12.1 Å². The Bertz CT molecular complexity index is 416. The van der Waals surface area contributed by atoms with Crippen LogP contribution in [0.2, 0.25) is 0 Å². The number of halogens is 2. The largest absolute Gasteiger partial charge is 0.396 e. The molecule has 0 saturated heterocycles. The molecule has 6 heteroatoms. The van der Waals surface area contributed by atoms with Gasteiger partial charge < -0.3 is 15.7 Å². The van der Waals surface area contributed by atoms with Crippen LogP contribution in [0.3, 0.4) is 0 Å². The minimum atomic E-state index is -0.260. The summed E-state index contributed by atoms with van der Waals surface area (Å²) < 4.78 is 14.2. The summed E-state index contributed by atoms with van der Waals surface area (Å²) in [5.41, 5.74) is 0.644. The second kappa shape index (κ2) is 8.87. The van der Waals surface area contributed by atoms with Gasteiger partial charge in [0, 0.05) is 24.2 Å². The minimum Gasteiger partial charge on any atom is -0.396 e. The van der Waals surface area contributed by atoms with E-state index in [0.717, 1.165) is 4.47 Å². The van der Waals surface area contributed by atoms with Gasteiger partial charge in [-0.1, -0.05) is 22.0 Å². The van der Waals surface area contributed by atoms with Crippen LogP contribution in [0.1, 0.15) is 18.4 Å². The van der Waals surface area contributed by atoms with Gasteiger partial charge in [-0.05, 0) is 37.0 Å². The lowest BCUT2D eigenvalue weighted by Crippen LogP contribution is -2.36. The summed E-state index contributed by atoms with van der Waals surface area (Å²) >= 11 is 3.20. The topological polar surface area (TPSA) is 61.4 Å². The first-order chi connectivity index (χ1) is 9.13. The van der Waals surface area contributed by atoms with E-state index in [2.05, 4.69) is 26.6 Å². The first-order valence-electron chi connectivity index (χ1n) is 6.20. The molecule has 3 N–H and O–H groups in total. The molecule has 1 rings (SSSR count). The van der Waals surface area contributed by atoms with Crippen LogP contribution in [0.15, 0.2) is 22.7 Å². The van der Waals surface area contributed by atoms with Gasteiger partial charge in [0.15, 0.2) is 0 Å². The van der Waals surface area contributed by atoms with Crippen LogP contribution in [0, 0.1) is 5.82 Å². The van der Waals surface area contributed by atoms with E-state index in [0.29, 0.717) is 37.9 Å². The van der Waals surface area contributed by atoms with Crippen LogP contribution in [0.25, 0.3) is 0 Å². The molecule has 0 saturated carbocycles. The molecule has 0 aliphatic carbocycles. The maximum atomic E-state index is 13.5. The van der Waals surface area contributed by atoms with Gasteiger partial charge in [-0.15, -0.1) is 0 Å². The van der Waals surface area contributed by atoms with Crippen LogP contribution < -0.4 is 10.6 Å². The molecule has 2 amide bonds. The maximum Gasteiger partial charge on any atom is 0.314 e. The number of amides is 2. The van der Waals surface area contributed by atoms with Crippen molar-refractivity contribution in [1.29, 1.82) is 0 Å². The van der Waals surface area contributed by atoms with Gasteiger partial charge in [0.05, 0.1) is 0 Å². The lowest BCUT2D eigenvalue weighted by molar-refractivity contribution is 0.238. The van der Waals surface area contributed by atoms with Gasteiger partial charge in [-0.3, -0.25) is 0 Å². The molecular weight excluding hydrogens is 315 g/mol. The van der Waals surface area contributed by atoms with Gasteiger partial charge in [0.25, 0.3) is 0 Å². The predicted octanol–water partition coefficient (Wildman–Crippen LogP) is 2.20. The Labute approximate surface area is 120 Å². The monoisotopic (exact) mass is 332 g/mol. The zero-order valence-electron chi connectivity index (χ0n) is 10.6. The zero-order valence-corrected chi connectivity index (χ0v) is 12.2. The second-order valence-electron chi connectivity index (χ2n) is 4.10. The highest BCUT2D eigenvalue weighted by atomic mass is 79.9. The number of aliphatic hydroxyl groups excluding tert-OH is 1. The summed E-state index contributed by atoms with van der Waals surface area (Å²) in [6, 6.07) is 4.71. The number of aryl methyl sites for hydroxylation is 1. The number of nitrogens with one attached hydrogen (secondary N) is 2. The molecule has 0 bridgehead atoms. The summed E-state index contributed by atoms with van der Waals surface area (Å²) in [6.45, 7) is 0.993. The Kier molecular flexibility index (Phi) is 7.43. The van der Waals surface area contributed by atoms with E-state index in [9.17, 15) is 9.18 Å². The molecule has 19 heavy (non-hydrogen) atoms. The highest BCUT2D eigenvalue weighted by Crippen LogP contribution is 2.16. The van der Waals surface area contributed by atoms with Crippen LogP contribution in [-0.2, 0) is 6.42 Å². The minimum absolute atomic E-state index is 0.0587. The number of urea groups is 1. The van der Waals surface area contributed by atoms with Crippen LogP contribution in [0.4, 0.5) is 9.18 Å². The van der Waals surface area contributed by atoms with Gasteiger partial charge in [-0.25, -0.2) is 9.18 Å². The number of aliphatic hydroxyl groups is 1. The van der Waals surface area contributed by atoms with E-state index in [1.165, 1.54) is 6.07 Å². The molecule has 4 nitrogen and oxygen atoms in total. The lowest BCUT2D eigenvalue weighted by atomic mass is 10.1. The number of carbonyl (C=O) groups is 1. The van der Waals surface area contributed by atoms with Crippen molar-refractivity contribution >= 4 is 22.0 Å². The van der Waals surface area contributed by atoms with Crippen molar-refractivity contribution in [3.63, 3.8) is 0 Å². The quantitative estimate of drug-likeness (QED) is 0.670. The van der Waals surface area contributed by atoms with Crippen molar-refractivity contribution in [1.82, 2.24) is 10.6 Å². The van der Waals surface area contributed by atoms with Gasteiger partial charge in [0.1, 0.15) is 5.82 Å². The fourth-order valence-corrected chi connectivity index (χ4v) is 1.88. The third-order valence-corrected chi connectivity index (χ3v) is 3.04. The van der Waals surface area contributed by atoms with Crippen molar-refractivity contribution in [3.8, 4) is 0 Å². The normalized spacial score (nSPS) is 10.3. The summed E-state index contributed by atoms with van der Waals surface area (Å²) in [5.74, 6) is -0.234. The number of carbonyl (C=O) groups excluding carboxylic acids is 1. The predicted molar refractivity (Wildman–Crippen MR) is 75.5 cm³/mol. The molecule has 0 aliphatic heterocycles. The second-order valence-corrected chi connectivity index (χ2v) is 5.01. The fourth-order valence-electron chi connectivity index (χ4n) is 1.55. The summed E-state index contributed by atoms with van der Waals surface area (Å²) in [6.07, 6.45) is 1.79. The first kappa shape index (κ1) is 15.9. The molecule has 1 aromatic carbocycles. The van der Waals surface area contributed by atoms with Crippen LogP contribution in [0.5, 0.6) is 0 Å². The molecule has 0 aliphatic rings. The first-order valence-corrected chi connectivity index (χ1v) is 6.99. The number of rotatable bonds is 7. The van der Waals surface area contributed by atoms with Crippen LogP contribution >= 0.6 is 15.9 Å². The Morgan fingerprint density at radius 3 is 2.58 bits per heavy atom. The number of benzene rings is 1. The molecule has 106 valence electrons. The lowest BCUT2D eigenvalue weighted by Gasteiger charge is -2.07. The van der Waals surface area contributed by atoms with Crippen LogP contribution in [-0.4, -0.2) is 30.8 Å². The van der Waals surface area contributed by atoms with Crippen molar-refractivity contribution < 1.29 is 14.3 Å². The van der Waals surface area contributed by atoms with E-state index in [-0.39, 0.29) is 18.5 Å². The molecule has 0 radical (unpaired) electrons. The smallest absolute Gasteiger partial charge is 0.314 e. The molecule has 0 aromatic heterocycles. The third kappa shape index (κ3) is 6.54. The summed E-state index contributed by atoms with van der Waals surface area (Å²) in [5, 5.41) is 13.8. The molecule has 0 unspecified atom stereocenters. The third-order valence-electron chi connectivity index (χ3n) is 2.54. The molecule has 0 spiro atoms. The molecule has 0 heterocycles. The van der Waals surface area contributed by atoms with Gasteiger partial charge in [-0.2, -0.15) is 0 Å². The Morgan fingerprint density at radius 1 is 1.26 bits per heavy atom. The number of hydrogen-bond acceptors (Lipinski definition) is 2. The summed E-state index contributed by atoms with van der Waals surface area (Å²) in [7, 11) is 0. The van der Waals surface area contributed by atoms with Crippen molar-refractivity contribution in [3.05, 3.63) is 34.1 Å². The van der Waals surface area contributed by atoms with E-state index >= 15 is 0 Å². The maximum absolute atomic E-state index is 13.5. The standard InChI is InChI=1S/C13H18BrFN2O2/c14-11-5-4-10(12(15)9-11)3-1-6-16-13(19)17-7-2-8-18/h4-5,9,18H,1-3,6-8H2,(H2,16,17,19).